The second kappa shape index (κ2) is 5.13. The number of nitrogens with two attached hydrogens (primary N) is 1. The molecule has 0 fully saturated rings. The fourth-order valence-electron chi connectivity index (χ4n) is 2.02. The van der Waals surface area contributed by atoms with Crippen LogP contribution in [-0.2, 0) is 6.61 Å². The SMILES string of the molecule is Cc1ccc(COc2c(C)cc(C)cc2N)cc1. The molecule has 0 saturated heterocycles. The molecule has 0 spiro atoms. The molecule has 0 heterocycles. The van der Waals surface area contributed by atoms with Crippen LogP contribution in [0.15, 0.2) is 36.4 Å². The van der Waals surface area contributed by atoms with Crippen molar-refractivity contribution in [3.8, 4) is 5.75 Å². The van der Waals surface area contributed by atoms with E-state index in [2.05, 4.69) is 37.3 Å². The molecule has 0 aromatic heterocycles. The molecule has 0 atom stereocenters. The number of ether oxygens (including phenoxy) is 1. The Labute approximate surface area is 108 Å². The van der Waals surface area contributed by atoms with E-state index in [1.807, 2.05) is 19.9 Å². The van der Waals surface area contributed by atoms with Gasteiger partial charge in [-0.1, -0.05) is 35.9 Å². The summed E-state index contributed by atoms with van der Waals surface area (Å²) in [7, 11) is 0. The van der Waals surface area contributed by atoms with Crippen LogP contribution in [0.3, 0.4) is 0 Å². The molecular formula is C16H19NO. The summed E-state index contributed by atoms with van der Waals surface area (Å²) in [4.78, 5) is 0. The zero-order valence-electron chi connectivity index (χ0n) is 11.2. The fraction of sp³-hybridized carbons (Fsp3) is 0.250. The van der Waals surface area contributed by atoms with Crippen LogP contribution < -0.4 is 10.5 Å². The van der Waals surface area contributed by atoms with Crippen LogP contribution in [0.5, 0.6) is 5.75 Å². The Hall–Kier alpha value is -1.96. The molecule has 0 radical (unpaired) electrons. The molecule has 2 aromatic carbocycles. The Balaban J connectivity index is 2.13. The maximum absolute atomic E-state index is 5.99. The normalized spacial score (nSPS) is 10.4. The van der Waals surface area contributed by atoms with Crippen molar-refractivity contribution >= 4 is 5.69 Å². The number of nitrogen functional groups attached to an aromatic ring is 1. The van der Waals surface area contributed by atoms with Gasteiger partial charge in [0.05, 0.1) is 5.69 Å². The van der Waals surface area contributed by atoms with Gasteiger partial charge in [0.25, 0.3) is 0 Å². The van der Waals surface area contributed by atoms with Crippen molar-refractivity contribution in [1.82, 2.24) is 0 Å². The Bertz CT molecular complexity index is 521. The first-order valence-corrected chi connectivity index (χ1v) is 6.11. The van der Waals surface area contributed by atoms with Gasteiger partial charge in [0, 0.05) is 0 Å². The number of aryl methyl sites for hydroxylation is 3. The molecule has 0 aliphatic rings. The van der Waals surface area contributed by atoms with Gasteiger partial charge < -0.3 is 10.5 Å². The van der Waals surface area contributed by atoms with Gasteiger partial charge in [-0.05, 0) is 43.5 Å². The van der Waals surface area contributed by atoms with Gasteiger partial charge >= 0.3 is 0 Å². The topological polar surface area (TPSA) is 35.2 Å². The van der Waals surface area contributed by atoms with Crippen LogP contribution in [0.4, 0.5) is 5.69 Å². The van der Waals surface area contributed by atoms with Crippen molar-refractivity contribution in [2.75, 3.05) is 5.73 Å². The zero-order valence-corrected chi connectivity index (χ0v) is 11.2. The maximum atomic E-state index is 5.99. The van der Waals surface area contributed by atoms with Crippen molar-refractivity contribution in [1.29, 1.82) is 0 Å². The second-order valence-corrected chi connectivity index (χ2v) is 4.77. The van der Waals surface area contributed by atoms with Crippen LogP contribution in [-0.4, -0.2) is 0 Å². The number of hydrogen-bond donors (Lipinski definition) is 1. The second-order valence-electron chi connectivity index (χ2n) is 4.77. The maximum Gasteiger partial charge on any atom is 0.145 e. The van der Waals surface area contributed by atoms with Gasteiger partial charge in [-0.3, -0.25) is 0 Å². The van der Waals surface area contributed by atoms with Crippen molar-refractivity contribution in [2.24, 2.45) is 0 Å². The van der Waals surface area contributed by atoms with E-state index < -0.39 is 0 Å². The Morgan fingerprint density at radius 3 is 2.22 bits per heavy atom. The van der Waals surface area contributed by atoms with E-state index in [9.17, 15) is 0 Å². The number of benzene rings is 2. The van der Waals surface area contributed by atoms with Crippen molar-refractivity contribution in [3.63, 3.8) is 0 Å². The van der Waals surface area contributed by atoms with E-state index in [4.69, 9.17) is 10.5 Å². The molecule has 94 valence electrons. The third-order valence-electron chi connectivity index (χ3n) is 2.95. The summed E-state index contributed by atoms with van der Waals surface area (Å²) in [6.45, 7) is 6.68. The monoisotopic (exact) mass is 241 g/mol. The lowest BCUT2D eigenvalue weighted by atomic mass is 10.1. The third-order valence-corrected chi connectivity index (χ3v) is 2.95. The number of hydrogen-bond acceptors (Lipinski definition) is 2. The van der Waals surface area contributed by atoms with Gasteiger partial charge in [-0.15, -0.1) is 0 Å². The molecule has 2 heteroatoms. The molecule has 2 N–H and O–H groups in total. The number of rotatable bonds is 3. The summed E-state index contributed by atoms with van der Waals surface area (Å²) in [5.74, 6) is 0.793. The summed E-state index contributed by atoms with van der Waals surface area (Å²) in [6.07, 6.45) is 0. The first-order chi connectivity index (χ1) is 8.56. The highest BCUT2D eigenvalue weighted by molar-refractivity contribution is 5.58. The largest absolute Gasteiger partial charge is 0.486 e. The standard InChI is InChI=1S/C16H19NO/c1-11-4-6-14(7-5-11)10-18-16-13(3)8-12(2)9-15(16)17/h4-9H,10,17H2,1-3H3. The number of anilines is 1. The quantitative estimate of drug-likeness (QED) is 0.830. The first kappa shape index (κ1) is 12.5. The highest BCUT2D eigenvalue weighted by atomic mass is 16.5. The van der Waals surface area contributed by atoms with Gasteiger partial charge in [0.2, 0.25) is 0 Å². The first-order valence-electron chi connectivity index (χ1n) is 6.11. The zero-order chi connectivity index (χ0) is 13.1. The Kier molecular flexibility index (Phi) is 3.56. The molecule has 0 unspecified atom stereocenters. The van der Waals surface area contributed by atoms with E-state index >= 15 is 0 Å². The average Bonchev–Trinajstić information content (AvgIpc) is 2.30. The van der Waals surface area contributed by atoms with E-state index in [0.717, 1.165) is 22.4 Å². The minimum Gasteiger partial charge on any atom is -0.486 e. The lowest BCUT2D eigenvalue weighted by Gasteiger charge is -2.13. The molecule has 2 nitrogen and oxygen atoms in total. The average molecular weight is 241 g/mol. The minimum atomic E-state index is 0.550. The van der Waals surface area contributed by atoms with Crippen LogP contribution in [0.1, 0.15) is 22.3 Å². The highest BCUT2D eigenvalue weighted by Crippen LogP contribution is 2.28. The van der Waals surface area contributed by atoms with E-state index in [1.165, 1.54) is 5.56 Å². The van der Waals surface area contributed by atoms with Crippen LogP contribution >= 0.6 is 0 Å². The molecule has 2 rings (SSSR count). The van der Waals surface area contributed by atoms with Gasteiger partial charge in [0.15, 0.2) is 0 Å². The van der Waals surface area contributed by atoms with Gasteiger partial charge in [-0.25, -0.2) is 0 Å². The smallest absolute Gasteiger partial charge is 0.145 e. The van der Waals surface area contributed by atoms with Crippen LogP contribution in [0, 0.1) is 20.8 Å². The van der Waals surface area contributed by atoms with Crippen molar-refractivity contribution in [2.45, 2.75) is 27.4 Å². The molecule has 18 heavy (non-hydrogen) atoms. The molecule has 2 aromatic rings. The van der Waals surface area contributed by atoms with E-state index in [0.29, 0.717) is 12.3 Å². The van der Waals surface area contributed by atoms with E-state index in [1.54, 1.807) is 0 Å². The lowest BCUT2D eigenvalue weighted by Crippen LogP contribution is -2.01. The van der Waals surface area contributed by atoms with Crippen molar-refractivity contribution in [3.05, 3.63) is 58.7 Å². The van der Waals surface area contributed by atoms with Crippen LogP contribution in [0.25, 0.3) is 0 Å². The summed E-state index contributed by atoms with van der Waals surface area (Å²) < 4.78 is 5.82. The molecule has 0 amide bonds. The van der Waals surface area contributed by atoms with Gasteiger partial charge in [-0.2, -0.15) is 0 Å². The predicted octanol–water partition coefficient (Wildman–Crippen LogP) is 3.77. The molecule has 0 aliphatic heterocycles. The molecule has 0 bridgehead atoms. The highest BCUT2D eigenvalue weighted by Gasteiger charge is 2.06. The Morgan fingerprint density at radius 2 is 1.61 bits per heavy atom. The fourth-order valence-corrected chi connectivity index (χ4v) is 2.02. The predicted molar refractivity (Wildman–Crippen MR) is 75.8 cm³/mol. The summed E-state index contributed by atoms with van der Waals surface area (Å²) in [5, 5.41) is 0. The van der Waals surface area contributed by atoms with Gasteiger partial charge in [0.1, 0.15) is 12.4 Å². The van der Waals surface area contributed by atoms with Crippen LogP contribution in [0.2, 0.25) is 0 Å². The van der Waals surface area contributed by atoms with E-state index in [-0.39, 0.29) is 0 Å². The summed E-state index contributed by atoms with van der Waals surface area (Å²) in [6, 6.07) is 12.4. The Morgan fingerprint density at radius 1 is 0.944 bits per heavy atom. The minimum absolute atomic E-state index is 0.550. The molecular weight excluding hydrogens is 222 g/mol. The molecule has 0 saturated carbocycles. The third kappa shape index (κ3) is 2.83. The van der Waals surface area contributed by atoms with Crippen molar-refractivity contribution < 1.29 is 4.74 Å². The lowest BCUT2D eigenvalue weighted by molar-refractivity contribution is 0.306. The molecule has 0 aliphatic carbocycles. The summed E-state index contributed by atoms with van der Waals surface area (Å²) >= 11 is 0. The summed E-state index contributed by atoms with van der Waals surface area (Å²) in [5.41, 5.74) is 11.3.